The maximum atomic E-state index is 12.5. The summed E-state index contributed by atoms with van der Waals surface area (Å²) in [7, 11) is 1.87. The van der Waals surface area contributed by atoms with Crippen LogP contribution in [0.1, 0.15) is 102 Å². The molecule has 3 saturated carbocycles. The number of carbonyl (C=O) groups is 1. The lowest BCUT2D eigenvalue weighted by molar-refractivity contribution is -0.180. The van der Waals surface area contributed by atoms with Gasteiger partial charge in [0.2, 0.25) is 0 Å². The largest absolute Gasteiger partial charge is 0.396 e. The number of hydrogen-bond acceptors (Lipinski definition) is 7. The highest BCUT2D eigenvalue weighted by Gasteiger charge is 2.65. The van der Waals surface area contributed by atoms with Crippen molar-refractivity contribution in [3.05, 3.63) is 94.1 Å². The van der Waals surface area contributed by atoms with Gasteiger partial charge in [0.05, 0.1) is 18.3 Å². The van der Waals surface area contributed by atoms with E-state index in [1.54, 1.807) is 0 Å². The lowest BCUT2D eigenvalue weighted by atomic mass is 9.51. The van der Waals surface area contributed by atoms with E-state index in [0.29, 0.717) is 63.1 Å². The Hall–Kier alpha value is -2.65. The molecule has 1 aliphatic heterocycles. The summed E-state index contributed by atoms with van der Waals surface area (Å²) < 4.78 is 0. The molecular formula is C46H68N2O5. The van der Waals surface area contributed by atoms with Gasteiger partial charge in [-0.2, -0.15) is 0 Å². The van der Waals surface area contributed by atoms with Gasteiger partial charge >= 0.3 is 0 Å². The second kappa shape index (κ2) is 19.3. The fourth-order valence-electron chi connectivity index (χ4n) is 10.7. The summed E-state index contributed by atoms with van der Waals surface area (Å²) in [6.45, 7) is 9.90. The van der Waals surface area contributed by atoms with Gasteiger partial charge in [-0.05, 0) is 145 Å². The van der Waals surface area contributed by atoms with Crippen molar-refractivity contribution in [2.75, 3.05) is 33.4 Å². The minimum absolute atomic E-state index is 0.00447. The fraction of sp³-hybridized carbons (Fsp3) is 0.630. The molecule has 0 saturated heterocycles. The lowest BCUT2D eigenvalue weighted by Crippen LogP contribution is -2.61. The number of rotatable bonds is 13. The third-order valence-electron chi connectivity index (χ3n) is 13.7. The first-order valence-corrected chi connectivity index (χ1v) is 20.5. The summed E-state index contributed by atoms with van der Waals surface area (Å²) in [5.74, 6) is 0.379. The van der Waals surface area contributed by atoms with Crippen LogP contribution in [0.25, 0.3) is 0 Å². The highest BCUT2D eigenvalue weighted by atomic mass is 16.3. The predicted molar refractivity (Wildman–Crippen MR) is 215 cm³/mol. The number of benzene rings is 1. The molecule has 0 amide bonds. The quantitative estimate of drug-likeness (QED) is 0.0578. The topological polar surface area (TPSA) is 122 Å². The third-order valence-corrected chi connectivity index (χ3v) is 13.7. The van der Waals surface area contributed by atoms with Crippen molar-refractivity contribution < 1.29 is 25.2 Å². The molecule has 7 unspecified atom stereocenters. The van der Waals surface area contributed by atoms with Crippen molar-refractivity contribution in [1.29, 1.82) is 0 Å². The Morgan fingerprint density at radius 2 is 1.87 bits per heavy atom. The van der Waals surface area contributed by atoms with Crippen molar-refractivity contribution in [1.82, 2.24) is 10.6 Å². The zero-order valence-corrected chi connectivity index (χ0v) is 32.8. The molecule has 3 aliphatic carbocycles. The minimum Gasteiger partial charge on any atom is -0.396 e. The van der Waals surface area contributed by atoms with Crippen LogP contribution in [-0.4, -0.2) is 77.8 Å². The normalized spacial score (nSPS) is 32.8. The summed E-state index contributed by atoms with van der Waals surface area (Å²) in [5, 5.41) is 52.6. The highest BCUT2D eigenvalue weighted by Crippen LogP contribution is 2.63. The third kappa shape index (κ3) is 9.42. The van der Waals surface area contributed by atoms with E-state index in [9.17, 15) is 25.2 Å². The first-order chi connectivity index (χ1) is 25.6. The van der Waals surface area contributed by atoms with E-state index in [1.807, 2.05) is 26.1 Å². The summed E-state index contributed by atoms with van der Waals surface area (Å²) in [4.78, 5) is 12.1. The number of nitrogens with one attached hydrogen (secondary N) is 2. The number of aldehydes is 1. The number of aliphatic hydroxyl groups excluding tert-OH is 3. The molecule has 292 valence electrons. The molecule has 0 radical (unpaired) electrons. The molecule has 0 aromatic heterocycles. The molecule has 7 atom stereocenters. The fourth-order valence-corrected chi connectivity index (χ4v) is 10.7. The molecule has 4 aliphatic rings. The zero-order chi connectivity index (χ0) is 38.0. The smallest absolute Gasteiger partial charge is 0.145 e. The molecule has 7 heteroatoms. The van der Waals surface area contributed by atoms with Crippen LogP contribution in [0.2, 0.25) is 0 Å². The molecule has 1 aromatic carbocycles. The van der Waals surface area contributed by atoms with E-state index in [0.717, 1.165) is 54.7 Å². The molecule has 1 aromatic rings. The molecule has 1 heterocycles. The van der Waals surface area contributed by atoms with E-state index < -0.39 is 17.1 Å². The molecule has 7 nitrogen and oxygen atoms in total. The Labute approximate surface area is 319 Å². The first-order valence-electron chi connectivity index (χ1n) is 20.5. The molecule has 3 fully saturated rings. The van der Waals surface area contributed by atoms with Gasteiger partial charge in [0.1, 0.15) is 6.29 Å². The maximum Gasteiger partial charge on any atom is 0.145 e. The van der Waals surface area contributed by atoms with E-state index >= 15 is 0 Å². The number of carbonyl (C=O) groups excluding carboxylic acids is 1. The van der Waals surface area contributed by atoms with Crippen molar-refractivity contribution in [2.24, 2.45) is 29.1 Å². The molecule has 53 heavy (non-hydrogen) atoms. The molecular weight excluding hydrogens is 661 g/mol. The van der Waals surface area contributed by atoms with Gasteiger partial charge in [-0.15, -0.1) is 0 Å². The summed E-state index contributed by atoms with van der Waals surface area (Å²) in [6.07, 6.45) is 20.3. The van der Waals surface area contributed by atoms with Crippen LogP contribution in [0, 0.1) is 29.1 Å². The number of fused-ring (bicyclic) bond motifs is 2. The van der Waals surface area contributed by atoms with Crippen LogP contribution in [0.5, 0.6) is 0 Å². The van der Waals surface area contributed by atoms with Crippen molar-refractivity contribution >= 4 is 6.29 Å². The summed E-state index contributed by atoms with van der Waals surface area (Å²) in [5.41, 5.74) is 5.45. The zero-order valence-electron chi connectivity index (χ0n) is 32.8. The van der Waals surface area contributed by atoms with Gasteiger partial charge in [0, 0.05) is 30.5 Å². The minimum atomic E-state index is -1.16. The predicted octanol–water partition coefficient (Wildman–Crippen LogP) is 6.71. The standard InChI is InChI=1S/C46H68N2O5/c1-32-17-18-38(27-35-11-8-12-36(26-35)28-43(48-29-32)37-13-5-6-14-37)33(2)10-7-15-39(31-51)41-20-22-46(44(41)52)42(16-9-25-49)40(34(3)30-50)19-21-45(46,53)23-24-47-4/h7-8,10-12,15,17,26,30,37-38,41-44,47-49,51-53H,2,5-6,9,13-14,16,18-25,27-29,31H2,1,3-4H3. The monoisotopic (exact) mass is 729 g/mol. The highest BCUT2D eigenvalue weighted by molar-refractivity contribution is 5.74. The van der Waals surface area contributed by atoms with Gasteiger partial charge in [-0.25, -0.2) is 0 Å². The molecule has 2 bridgehead atoms. The second-order valence-corrected chi connectivity index (χ2v) is 16.8. The summed E-state index contributed by atoms with van der Waals surface area (Å²) in [6, 6.07) is 9.62. The Bertz CT molecular complexity index is 1520. The average Bonchev–Trinajstić information content (AvgIpc) is 3.82. The van der Waals surface area contributed by atoms with E-state index in [1.165, 1.54) is 42.4 Å². The van der Waals surface area contributed by atoms with Crippen LogP contribution < -0.4 is 10.6 Å². The van der Waals surface area contributed by atoms with E-state index in [4.69, 9.17) is 0 Å². The second-order valence-electron chi connectivity index (χ2n) is 16.8. The van der Waals surface area contributed by atoms with Gasteiger partial charge in [0.25, 0.3) is 0 Å². The average molecular weight is 729 g/mol. The van der Waals surface area contributed by atoms with Crippen LogP contribution in [0.15, 0.2) is 83.0 Å². The number of allylic oxidation sites excluding steroid dienone is 7. The van der Waals surface area contributed by atoms with Gasteiger partial charge < -0.3 is 31.1 Å². The Morgan fingerprint density at radius 3 is 2.57 bits per heavy atom. The lowest BCUT2D eigenvalue weighted by Gasteiger charge is -2.57. The molecule has 1 spiro atoms. The van der Waals surface area contributed by atoms with Gasteiger partial charge in [-0.3, -0.25) is 4.79 Å². The van der Waals surface area contributed by atoms with Crippen molar-refractivity contribution in [3.8, 4) is 0 Å². The van der Waals surface area contributed by atoms with E-state index in [2.05, 4.69) is 60.6 Å². The number of hydrogen-bond donors (Lipinski definition) is 6. The van der Waals surface area contributed by atoms with Crippen LogP contribution in [0.3, 0.4) is 0 Å². The van der Waals surface area contributed by atoms with Gasteiger partial charge in [-0.1, -0.05) is 84.7 Å². The molecule has 6 N–H and O–H groups in total. The number of aliphatic hydroxyl groups is 4. The SMILES string of the molecule is C=C(C=CC=C(CO)C1CCC2(C(CCCO)C(=C(C)C=O)CCC2(O)CCNC)C1O)C1CC=C(C)CNC(C2CCCC2)Cc2cccc(c2)C1. The summed E-state index contributed by atoms with van der Waals surface area (Å²) >= 11 is 0. The van der Waals surface area contributed by atoms with Crippen LogP contribution >= 0.6 is 0 Å². The Morgan fingerprint density at radius 1 is 1.11 bits per heavy atom. The van der Waals surface area contributed by atoms with Crippen LogP contribution in [-0.2, 0) is 17.6 Å². The van der Waals surface area contributed by atoms with Crippen molar-refractivity contribution in [3.63, 3.8) is 0 Å². The van der Waals surface area contributed by atoms with Crippen LogP contribution in [0.4, 0.5) is 0 Å². The van der Waals surface area contributed by atoms with Gasteiger partial charge in [0.15, 0.2) is 0 Å². The Kier molecular flexibility index (Phi) is 15.1. The van der Waals surface area contributed by atoms with E-state index in [-0.39, 0.29) is 31.0 Å². The molecule has 5 rings (SSSR count). The first kappa shape index (κ1) is 41.5. The van der Waals surface area contributed by atoms with Crippen molar-refractivity contribution in [2.45, 2.75) is 121 Å². The maximum absolute atomic E-state index is 12.5. The Balaban J connectivity index is 1.38.